The van der Waals surface area contributed by atoms with Gasteiger partial charge in [0.2, 0.25) is 0 Å². The molecular formula is C24H20N4O4. The van der Waals surface area contributed by atoms with Crippen molar-refractivity contribution in [3.05, 3.63) is 83.0 Å². The normalized spacial score (nSPS) is 19.7. The molecule has 1 fully saturated rings. The Kier molecular flexibility index (Phi) is 4.44. The number of amides is 4. The van der Waals surface area contributed by atoms with Crippen molar-refractivity contribution in [2.75, 3.05) is 6.54 Å². The summed E-state index contributed by atoms with van der Waals surface area (Å²) in [6.45, 7) is 2.20. The number of urea groups is 1. The summed E-state index contributed by atoms with van der Waals surface area (Å²) in [5, 5.41) is 14.8. The number of fused-ring (bicyclic) bond motifs is 1. The van der Waals surface area contributed by atoms with Gasteiger partial charge in [-0.05, 0) is 41.8 Å². The molecule has 160 valence electrons. The van der Waals surface area contributed by atoms with E-state index in [9.17, 15) is 19.5 Å². The average Bonchev–Trinajstić information content (AvgIpc) is 3.24. The van der Waals surface area contributed by atoms with Crippen molar-refractivity contribution in [2.45, 2.75) is 19.0 Å². The lowest BCUT2D eigenvalue weighted by molar-refractivity contribution is -0.124. The molecule has 3 heterocycles. The maximum atomic E-state index is 12.9. The topological polar surface area (TPSA) is 112 Å². The maximum absolute atomic E-state index is 12.9. The Bertz CT molecular complexity index is 1250. The number of phenols is 1. The predicted octanol–water partition coefficient (Wildman–Crippen LogP) is 2.45. The van der Waals surface area contributed by atoms with Gasteiger partial charge in [0.25, 0.3) is 11.8 Å². The third-order valence-corrected chi connectivity index (χ3v) is 5.93. The average molecular weight is 428 g/mol. The number of rotatable bonds is 4. The first-order valence-corrected chi connectivity index (χ1v) is 10.1. The van der Waals surface area contributed by atoms with Crippen LogP contribution in [0.1, 0.15) is 27.0 Å². The molecule has 8 heteroatoms. The highest BCUT2D eigenvalue weighted by molar-refractivity contribution is 6.08. The molecule has 2 aliphatic rings. The predicted molar refractivity (Wildman–Crippen MR) is 116 cm³/mol. The lowest BCUT2D eigenvalue weighted by Gasteiger charge is -2.31. The third-order valence-electron chi connectivity index (χ3n) is 5.93. The van der Waals surface area contributed by atoms with E-state index in [-0.39, 0.29) is 24.7 Å². The van der Waals surface area contributed by atoms with E-state index in [0.29, 0.717) is 11.1 Å². The first-order valence-electron chi connectivity index (χ1n) is 10.1. The Labute approximate surface area is 183 Å². The highest BCUT2D eigenvalue weighted by Gasteiger charge is 2.50. The molecule has 1 aromatic heterocycles. The van der Waals surface area contributed by atoms with Gasteiger partial charge in [0.05, 0.1) is 12.2 Å². The summed E-state index contributed by atoms with van der Waals surface area (Å²) in [4.78, 5) is 43.9. The number of aromatic nitrogens is 1. The molecule has 4 amide bonds. The zero-order chi connectivity index (χ0) is 22.5. The number of carbonyl (C=O) groups is 3. The fourth-order valence-electron chi connectivity index (χ4n) is 4.22. The second-order valence-corrected chi connectivity index (χ2v) is 8.11. The van der Waals surface area contributed by atoms with E-state index in [1.165, 1.54) is 17.0 Å². The van der Waals surface area contributed by atoms with Crippen LogP contribution in [0.5, 0.6) is 5.75 Å². The van der Waals surface area contributed by atoms with Gasteiger partial charge in [-0.1, -0.05) is 36.4 Å². The summed E-state index contributed by atoms with van der Waals surface area (Å²) in [7, 11) is 0. The third kappa shape index (κ3) is 3.17. The molecule has 0 saturated carbocycles. The summed E-state index contributed by atoms with van der Waals surface area (Å²) < 4.78 is 0. The number of phenolic OH excluding ortho intramolecular Hbond substituents is 1. The first kappa shape index (κ1) is 19.7. The minimum absolute atomic E-state index is 0.000814. The molecule has 0 unspecified atom stereocenters. The maximum Gasteiger partial charge on any atom is 0.322 e. The molecule has 3 aromatic rings. The van der Waals surface area contributed by atoms with Crippen molar-refractivity contribution < 1.29 is 19.5 Å². The molecule has 32 heavy (non-hydrogen) atoms. The highest BCUT2D eigenvalue weighted by Crippen LogP contribution is 2.33. The number of aryl methyl sites for hydroxylation is 1. The Hall–Kier alpha value is -4.20. The first-order chi connectivity index (χ1) is 15.4. The van der Waals surface area contributed by atoms with Crippen molar-refractivity contribution in [3.63, 3.8) is 0 Å². The van der Waals surface area contributed by atoms with E-state index < -0.39 is 17.5 Å². The number of hydrogen-bond donors (Lipinski definition) is 3. The Morgan fingerprint density at radius 3 is 2.50 bits per heavy atom. The smallest absolute Gasteiger partial charge is 0.322 e. The van der Waals surface area contributed by atoms with Crippen LogP contribution in [0.3, 0.4) is 0 Å². The number of hydrogen-bond acceptors (Lipinski definition) is 5. The molecule has 0 aliphatic carbocycles. The van der Waals surface area contributed by atoms with Crippen LogP contribution in [0.4, 0.5) is 4.79 Å². The van der Waals surface area contributed by atoms with Gasteiger partial charge in [-0.15, -0.1) is 0 Å². The van der Waals surface area contributed by atoms with Gasteiger partial charge in [-0.25, -0.2) is 4.79 Å². The summed E-state index contributed by atoms with van der Waals surface area (Å²) >= 11 is 0. The van der Waals surface area contributed by atoms with Crippen LogP contribution >= 0.6 is 0 Å². The fourth-order valence-corrected chi connectivity index (χ4v) is 4.22. The number of nitrogens with one attached hydrogen (secondary N) is 2. The van der Waals surface area contributed by atoms with E-state index in [2.05, 4.69) is 15.6 Å². The fraction of sp³-hybridized carbons (Fsp3) is 0.167. The van der Waals surface area contributed by atoms with E-state index in [0.717, 1.165) is 22.4 Å². The Morgan fingerprint density at radius 1 is 1.06 bits per heavy atom. The van der Waals surface area contributed by atoms with Crippen LogP contribution in [-0.2, 0) is 16.9 Å². The van der Waals surface area contributed by atoms with E-state index >= 15 is 0 Å². The zero-order valence-electron chi connectivity index (χ0n) is 17.3. The summed E-state index contributed by atoms with van der Waals surface area (Å²) in [6.07, 6.45) is 1.78. The van der Waals surface area contributed by atoms with Crippen molar-refractivity contribution in [1.82, 2.24) is 20.5 Å². The highest BCUT2D eigenvalue weighted by atomic mass is 16.3. The number of aromatic hydroxyl groups is 1. The quantitative estimate of drug-likeness (QED) is 0.553. The molecule has 0 spiro atoms. The minimum Gasteiger partial charge on any atom is -0.508 e. The van der Waals surface area contributed by atoms with Gasteiger partial charge in [-0.2, -0.15) is 0 Å². The number of carbonyl (C=O) groups excluding carboxylic acids is 3. The largest absolute Gasteiger partial charge is 0.508 e. The molecule has 8 nitrogen and oxygen atoms in total. The van der Waals surface area contributed by atoms with Crippen molar-refractivity contribution in [1.29, 1.82) is 0 Å². The monoisotopic (exact) mass is 428 g/mol. The number of imide groups is 1. The SMILES string of the molecule is Cc1ccc(-c2ccc([C@@]3(CN4Cc5ccc(O)cc5C4=O)NC(=O)NC3=O)cc2)nc1. The van der Waals surface area contributed by atoms with Gasteiger partial charge < -0.3 is 15.3 Å². The van der Waals surface area contributed by atoms with Gasteiger partial charge in [-0.3, -0.25) is 19.9 Å². The second-order valence-electron chi connectivity index (χ2n) is 8.11. The van der Waals surface area contributed by atoms with Gasteiger partial charge in [0.1, 0.15) is 5.75 Å². The molecule has 1 atom stereocenters. The van der Waals surface area contributed by atoms with Crippen molar-refractivity contribution in [3.8, 4) is 17.0 Å². The van der Waals surface area contributed by atoms with E-state index in [4.69, 9.17) is 0 Å². The molecule has 1 saturated heterocycles. The van der Waals surface area contributed by atoms with Crippen LogP contribution in [0.25, 0.3) is 11.3 Å². The van der Waals surface area contributed by atoms with Crippen LogP contribution < -0.4 is 10.6 Å². The molecule has 2 aromatic carbocycles. The summed E-state index contributed by atoms with van der Waals surface area (Å²) in [5.74, 6) is -0.819. The van der Waals surface area contributed by atoms with Crippen LogP contribution in [0, 0.1) is 6.92 Å². The minimum atomic E-state index is -1.42. The molecule has 3 N–H and O–H groups in total. The lowest BCUT2D eigenvalue weighted by Crippen LogP contribution is -2.52. The summed E-state index contributed by atoms with van der Waals surface area (Å²) in [5.41, 5.74) is 3.01. The number of pyridine rings is 1. The lowest BCUT2D eigenvalue weighted by atomic mass is 9.88. The van der Waals surface area contributed by atoms with Gasteiger partial charge in [0.15, 0.2) is 5.54 Å². The van der Waals surface area contributed by atoms with Crippen LogP contribution in [0.2, 0.25) is 0 Å². The molecule has 0 radical (unpaired) electrons. The zero-order valence-corrected chi connectivity index (χ0v) is 17.3. The molecular weight excluding hydrogens is 408 g/mol. The van der Waals surface area contributed by atoms with Crippen LogP contribution in [-0.4, -0.2) is 39.4 Å². The number of nitrogens with zero attached hydrogens (tertiary/aromatic N) is 2. The molecule has 0 bridgehead atoms. The van der Waals surface area contributed by atoms with E-state index in [1.807, 2.05) is 31.2 Å². The Morgan fingerprint density at radius 2 is 1.84 bits per heavy atom. The molecule has 2 aliphatic heterocycles. The standard InChI is InChI=1S/C24H20N4O4/c1-14-2-9-20(25-11-14)15-3-6-17(7-4-15)24(22(31)26-23(32)27-24)13-28-12-16-5-8-18(29)10-19(16)21(28)30/h2-11,29H,12-13H2,1H3,(H2,26,27,31,32)/t24-/m1/s1. The van der Waals surface area contributed by atoms with Gasteiger partial charge in [0, 0.05) is 23.9 Å². The number of benzene rings is 2. The summed E-state index contributed by atoms with van der Waals surface area (Å²) in [6, 6.07) is 15.1. The second kappa shape index (κ2) is 7.19. The van der Waals surface area contributed by atoms with Crippen molar-refractivity contribution in [2.24, 2.45) is 0 Å². The van der Waals surface area contributed by atoms with Gasteiger partial charge >= 0.3 is 6.03 Å². The van der Waals surface area contributed by atoms with Crippen LogP contribution in [0.15, 0.2) is 60.8 Å². The molecule has 5 rings (SSSR count). The van der Waals surface area contributed by atoms with Crippen molar-refractivity contribution >= 4 is 17.8 Å². The van der Waals surface area contributed by atoms with E-state index in [1.54, 1.807) is 24.4 Å². The Balaban J connectivity index is 1.48.